The number of hydrogen-bond acceptors (Lipinski definition) is 3. The van der Waals surface area contributed by atoms with E-state index in [1.165, 1.54) is 14.0 Å². The summed E-state index contributed by atoms with van der Waals surface area (Å²) in [6, 6.07) is 5.29. The molecule has 1 aromatic rings. The molecule has 0 heterocycles. The lowest BCUT2D eigenvalue weighted by Crippen LogP contribution is -2.54. The van der Waals surface area contributed by atoms with Gasteiger partial charge in [0.05, 0.1) is 13.7 Å². The molecule has 0 fully saturated rings. The Hall–Kier alpha value is -1.27. The van der Waals surface area contributed by atoms with E-state index in [0.717, 1.165) is 5.56 Å². The van der Waals surface area contributed by atoms with Crippen molar-refractivity contribution in [2.75, 3.05) is 13.7 Å². The zero-order valence-electron chi connectivity index (χ0n) is 13.2. The van der Waals surface area contributed by atoms with E-state index in [0.29, 0.717) is 17.7 Å². The van der Waals surface area contributed by atoms with Crippen LogP contribution in [-0.4, -0.2) is 35.7 Å². The van der Waals surface area contributed by atoms with Crippen LogP contribution in [0.3, 0.4) is 0 Å². The fourth-order valence-corrected chi connectivity index (χ4v) is 2.67. The highest BCUT2D eigenvalue weighted by molar-refractivity contribution is 5.44. The number of methoxy groups -OCH3 is 1. The number of hydrogen-bond donors (Lipinski definition) is 2. The van der Waals surface area contributed by atoms with Gasteiger partial charge in [-0.2, -0.15) is 13.2 Å². The molecule has 0 amide bonds. The van der Waals surface area contributed by atoms with E-state index >= 15 is 0 Å². The second-order valence-electron chi connectivity index (χ2n) is 5.55. The fourth-order valence-electron chi connectivity index (χ4n) is 2.67. The maximum absolute atomic E-state index is 13.1. The first kappa shape index (κ1) is 18.8. The Kier molecular flexibility index (Phi) is 5.87. The van der Waals surface area contributed by atoms with Crippen molar-refractivity contribution in [2.24, 2.45) is 5.92 Å². The van der Waals surface area contributed by atoms with Gasteiger partial charge in [0.1, 0.15) is 5.75 Å². The monoisotopic (exact) mass is 320 g/mol. The summed E-state index contributed by atoms with van der Waals surface area (Å²) >= 11 is 0. The SMILES string of the molecule is CCc1cccc(C(C)C(C)C(O)(CO)C(F)(F)F)c1OC. The van der Waals surface area contributed by atoms with Crippen LogP contribution >= 0.6 is 0 Å². The van der Waals surface area contributed by atoms with E-state index < -0.39 is 30.2 Å². The number of aliphatic hydroxyl groups excluding tert-OH is 1. The summed E-state index contributed by atoms with van der Waals surface area (Å²) in [5, 5.41) is 19.0. The Labute approximate surface area is 128 Å². The number of ether oxygens (including phenoxy) is 1. The predicted octanol–water partition coefficient (Wildman–Crippen LogP) is 3.28. The first-order valence-electron chi connectivity index (χ1n) is 7.19. The molecule has 0 aliphatic rings. The third kappa shape index (κ3) is 3.22. The highest BCUT2D eigenvalue weighted by Gasteiger charge is 2.58. The first-order chi connectivity index (χ1) is 10.1. The molecule has 3 nitrogen and oxygen atoms in total. The van der Waals surface area contributed by atoms with Crippen LogP contribution < -0.4 is 4.74 Å². The van der Waals surface area contributed by atoms with E-state index in [9.17, 15) is 18.3 Å². The van der Waals surface area contributed by atoms with Crippen molar-refractivity contribution in [2.45, 2.75) is 44.9 Å². The summed E-state index contributed by atoms with van der Waals surface area (Å²) < 4.78 is 44.7. The number of benzene rings is 1. The summed E-state index contributed by atoms with van der Waals surface area (Å²) in [6.07, 6.45) is -4.23. The topological polar surface area (TPSA) is 49.7 Å². The highest BCUT2D eigenvalue weighted by Crippen LogP contribution is 2.44. The third-order valence-electron chi connectivity index (χ3n) is 4.44. The zero-order valence-corrected chi connectivity index (χ0v) is 13.2. The quantitative estimate of drug-likeness (QED) is 0.846. The molecule has 0 saturated heterocycles. The Balaban J connectivity index is 3.28. The van der Waals surface area contributed by atoms with Gasteiger partial charge >= 0.3 is 6.18 Å². The summed E-state index contributed by atoms with van der Waals surface area (Å²) in [6.45, 7) is 3.42. The molecule has 0 spiro atoms. The standard InChI is InChI=1S/C16H23F3O3/c1-5-12-7-6-8-13(14(12)22-4)10(2)11(3)15(21,9-20)16(17,18)19/h6-8,10-11,20-21H,5,9H2,1-4H3. The van der Waals surface area contributed by atoms with Crippen LogP contribution in [-0.2, 0) is 6.42 Å². The second-order valence-corrected chi connectivity index (χ2v) is 5.55. The Morgan fingerprint density at radius 3 is 2.23 bits per heavy atom. The molecule has 0 bridgehead atoms. The molecule has 2 N–H and O–H groups in total. The summed E-state index contributed by atoms with van der Waals surface area (Å²) in [5.41, 5.74) is -1.68. The predicted molar refractivity (Wildman–Crippen MR) is 78.0 cm³/mol. The molecule has 0 aliphatic heterocycles. The normalized spacial score (nSPS) is 17.7. The lowest BCUT2D eigenvalue weighted by atomic mass is 9.76. The van der Waals surface area contributed by atoms with Crippen molar-refractivity contribution < 1.29 is 28.1 Å². The average molecular weight is 320 g/mol. The van der Waals surface area contributed by atoms with E-state index in [2.05, 4.69) is 0 Å². The van der Waals surface area contributed by atoms with Gasteiger partial charge in [0.2, 0.25) is 0 Å². The number of aryl methyl sites for hydroxylation is 1. The molecule has 6 heteroatoms. The van der Waals surface area contributed by atoms with Crippen LogP contribution in [0.15, 0.2) is 18.2 Å². The van der Waals surface area contributed by atoms with Crippen LogP contribution in [0.2, 0.25) is 0 Å². The van der Waals surface area contributed by atoms with Crippen molar-refractivity contribution in [1.82, 2.24) is 0 Å². The van der Waals surface area contributed by atoms with Crippen molar-refractivity contribution in [3.63, 3.8) is 0 Å². The molecule has 0 aromatic heterocycles. The van der Waals surface area contributed by atoms with Gasteiger partial charge in [-0.15, -0.1) is 0 Å². The summed E-state index contributed by atoms with van der Waals surface area (Å²) in [5.74, 6) is -1.36. The Morgan fingerprint density at radius 1 is 1.23 bits per heavy atom. The van der Waals surface area contributed by atoms with E-state index in [1.807, 2.05) is 13.0 Å². The third-order valence-corrected chi connectivity index (χ3v) is 4.44. The smallest absolute Gasteiger partial charge is 0.419 e. The van der Waals surface area contributed by atoms with Crippen LogP contribution in [0.4, 0.5) is 13.2 Å². The Bertz CT molecular complexity index is 502. The molecule has 0 radical (unpaired) electrons. The average Bonchev–Trinajstić information content (AvgIpc) is 2.50. The zero-order chi connectivity index (χ0) is 17.1. The van der Waals surface area contributed by atoms with Gasteiger partial charge in [-0.1, -0.05) is 39.0 Å². The van der Waals surface area contributed by atoms with Crippen LogP contribution in [0, 0.1) is 5.92 Å². The number of halogens is 3. The van der Waals surface area contributed by atoms with Gasteiger partial charge < -0.3 is 14.9 Å². The van der Waals surface area contributed by atoms with E-state index in [-0.39, 0.29) is 0 Å². The molecule has 0 aliphatic carbocycles. The van der Waals surface area contributed by atoms with Crippen LogP contribution in [0.5, 0.6) is 5.75 Å². The van der Waals surface area contributed by atoms with Crippen molar-refractivity contribution >= 4 is 0 Å². The molecule has 0 saturated carbocycles. The van der Waals surface area contributed by atoms with Gasteiger partial charge in [-0.3, -0.25) is 0 Å². The van der Waals surface area contributed by atoms with Crippen molar-refractivity contribution in [3.8, 4) is 5.75 Å². The molecule has 1 rings (SSSR count). The van der Waals surface area contributed by atoms with Gasteiger partial charge in [0, 0.05) is 5.92 Å². The van der Waals surface area contributed by atoms with Gasteiger partial charge in [-0.05, 0) is 23.5 Å². The van der Waals surface area contributed by atoms with E-state index in [4.69, 9.17) is 9.84 Å². The molecule has 22 heavy (non-hydrogen) atoms. The minimum atomic E-state index is -4.91. The summed E-state index contributed by atoms with van der Waals surface area (Å²) in [4.78, 5) is 0. The summed E-state index contributed by atoms with van der Waals surface area (Å²) in [7, 11) is 1.47. The maximum Gasteiger partial charge on any atom is 0.419 e. The number of para-hydroxylation sites is 1. The highest BCUT2D eigenvalue weighted by atomic mass is 19.4. The van der Waals surface area contributed by atoms with Gasteiger partial charge in [-0.25, -0.2) is 0 Å². The molecule has 3 atom stereocenters. The Morgan fingerprint density at radius 2 is 1.82 bits per heavy atom. The molecular formula is C16H23F3O3. The van der Waals surface area contributed by atoms with E-state index in [1.54, 1.807) is 19.1 Å². The maximum atomic E-state index is 13.1. The number of alkyl halides is 3. The van der Waals surface area contributed by atoms with Gasteiger partial charge in [0.15, 0.2) is 5.60 Å². The largest absolute Gasteiger partial charge is 0.496 e. The molecule has 3 unspecified atom stereocenters. The van der Waals surface area contributed by atoms with Gasteiger partial charge in [0.25, 0.3) is 0 Å². The van der Waals surface area contributed by atoms with Crippen molar-refractivity contribution in [1.29, 1.82) is 0 Å². The minimum Gasteiger partial charge on any atom is -0.496 e. The van der Waals surface area contributed by atoms with Crippen molar-refractivity contribution in [3.05, 3.63) is 29.3 Å². The lowest BCUT2D eigenvalue weighted by molar-refractivity contribution is -0.290. The molecule has 1 aromatic carbocycles. The van der Waals surface area contributed by atoms with Crippen LogP contribution in [0.1, 0.15) is 37.8 Å². The number of aliphatic hydroxyl groups is 2. The van der Waals surface area contributed by atoms with Crippen LogP contribution in [0.25, 0.3) is 0 Å². The lowest BCUT2D eigenvalue weighted by Gasteiger charge is -2.38. The molecular weight excluding hydrogens is 297 g/mol. The number of rotatable bonds is 6. The minimum absolute atomic E-state index is 0.534. The molecule has 126 valence electrons. The fraction of sp³-hybridized carbons (Fsp3) is 0.625. The first-order valence-corrected chi connectivity index (χ1v) is 7.19. The second kappa shape index (κ2) is 6.87.